The van der Waals surface area contributed by atoms with E-state index in [-0.39, 0.29) is 0 Å². The van der Waals surface area contributed by atoms with E-state index in [2.05, 4.69) is 43.6 Å². The molecule has 1 atom stereocenters. The van der Waals surface area contributed by atoms with E-state index in [1.165, 1.54) is 33.5 Å². The highest BCUT2D eigenvalue weighted by Gasteiger charge is 2.14. The second kappa shape index (κ2) is 6.69. The zero-order valence-electron chi connectivity index (χ0n) is 11.5. The maximum absolute atomic E-state index is 3.71. The van der Waals surface area contributed by atoms with Crippen LogP contribution in [0, 0.1) is 5.92 Å². The first kappa shape index (κ1) is 14.0. The molecule has 0 saturated heterocycles. The van der Waals surface area contributed by atoms with Crippen LogP contribution in [0.25, 0.3) is 9.40 Å². The minimum Gasteiger partial charge on any atom is -0.309 e. The lowest BCUT2D eigenvalue weighted by atomic mass is 10.0. The maximum atomic E-state index is 3.71. The van der Waals surface area contributed by atoms with E-state index in [1.807, 2.05) is 22.7 Å². The molecule has 0 aliphatic heterocycles. The van der Waals surface area contributed by atoms with Gasteiger partial charge in [-0.25, -0.2) is 0 Å². The average Bonchev–Trinajstić information content (AvgIpc) is 2.89. The summed E-state index contributed by atoms with van der Waals surface area (Å²) in [6.07, 6.45) is 3.76. The van der Waals surface area contributed by atoms with E-state index >= 15 is 0 Å². The molecule has 0 bridgehead atoms. The van der Waals surface area contributed by atoms with Gasteiger partial charge in [0, 0.05) is 20.3 Å². The topological polar surface area (TPSA) is 12.0 Å². The van der Waals surface area contributed by atoms with Gasteiger partial charge in [-0.2, -0.15) is 0 Å². The smallest absolute Gasteiger partial charge is 0.0454 e. The molecule has 0 aromatic carbocycles. The molecule has 3 heteroatoms. The first-order chi connectivity index (χ1) is 8.70. The number of hydrogen-bond acceptors (Lipinski definition) is 3. The van der Waals surface area contributed by atoms with E-state index in [9.17, 15) is 0 Å². The van der Waals surface area contributed by atoms with Gasteiger partial charge in [0.15, 0.2) is 0 Å². The quantitative estimate of drug-likeness (QED) is 0.712. The van der Waals surface area contributed by atoms with Crippen LogP contribution in [0.5, 0.6) is 0 Å². The summed E-state index contributed by atoms with van der Waals surface area (Å²) in [4.78, 5) is 1.52. The molecule has 2 heterocycles. The van der Waals surface area contributed by atoms with Crippen molar-refractivity contribution < 1.29 is 0 Å². The fourth-order valence-corrected chi connectivity index (χ4v) is 4.35. The molecule has 0 aliphatic rings. The molecule has 2 aromatic heterocycles. The second-order valence-electron chi connectivity index (χ2n) is 5.28. The predicted molar refractivity (Wildman–Crippen MR) is 84.8 cm³/mol. The van der Waals surface area contributed by atoms with Crippen LogP contribution in [0.15, 0.2) is 17.5 Å². The van der Waals surface area contributed by atoms with Crippen LogP contribution in [-0.4, -0.2) is 6.54 Å². The van der Waals surface area contributed by atoms with Gasteiger partial charge in [0.25, 0.3) is 0 Å². The SMILES string of the molecule is CCCNC(CCC(C)C)c1cc2sccc2s1. The Morgan fingerprint density at radius 3 is 2.72 bits per heavy atom. The van der Waals surface area contributed by atoms with Crippen molar-refractivity contribution in [2.75, 3.05) is 6.54 Å². The highest BCUT2D eigenvalue weighted by atomic mass is 32.1. The Labute approximate surface area is 118 Å². The van der Waals surface area contributed by atoms with Crippen LogP contribution < -0.4 is 5.32 Å². The Bertz CT molecular complexity index is 441. The van der Waals surface area contributed by atoms with E-state index in [0.717, 1.165) is 12.5 Å². The molecule has 0 fully saturated rings. The predicted octanol–water partition coefficient (Wildman–Crippen LogP) is 5.44. The Morgan fingerprint density at radius 1 is 1.22 bits per heavy atom. The van der Waals surface area contributed by atoms with Crippen LogP contribution in [0.2, 0.25) is 0 Å². The molecule has 0 amide bonds. The summed E-state index contributed by atoms with van der Waals surface area (Å²) < 4.78 is 2.89. The Kier molecular flexibility index (Phi) is 5.22. The summed E-state index contributed by atoms with van der Waals surface area (Å²) >= 11 is 3.82. The summed E-state index contributed by atoms with van der Waals surface area (Å²) in [5, 5.41) is 5.89. The van der Waals surface area contributed by atoms with Crippen molar-refractivity contribution in [3.63, 3.8) is 0 Å². The molecular formula is C15H23NS2. The number of hydrogen-bond donors (Lipinski definition) is 1. The lowest BCUT2D eigenvalue weighted by Gasteiger charge is -2.18. The van der Waals surface area contributed by atoms with E-state index in [4.69, 9.17) is 0 Å². The van der Waals surface area contributed by atoms with Crippen molar-refractivity contribution in [2.24, 2.45) is 5.92 Å². The van der Waals surface area contributed by atoms with E-state index in [1.54, 1.807) is 0 Å². The third-order valence-corrected chi connectivity index (χ3v) is 5.38. The summed E-state index contributed by atoms with van der Waals surface area (Å²) in [5.74, 6) is 0.789. The summed E-state index contributed by atoms with van der Waals surface area (Å²) in [6, 6.07) is 5.18. The van der Waals surface area contributed by atoms with Gasteiger partial charge in [0.05, 0.1) is 0 Å². The van der Waals surface area contributed by atoms with Crippen molar-refractivity contribution in [3.8, 4) is 0 Å². The van der Waals surface area contributed by atoms with Crippen LogP contribution in [0.3, 0.4) is 0 Å². The average molecular weight is 281 g/mol. The number of rotatable bonds is 7. The van der Waals surface area contributed by atoms with Crippen LogP contribution in [-0.2, 0) is 0 Å². The third-order valence-electron chi connectivity index (χ3n) is 3.18. The molecule has 0 saturated carbocycles. The monoisotopic (exact) mass is 281 g/mol. The number of nitrogens with one attached hydrogen (secondary N) is 1. The standard InChI is InChI=1S/C15H23NS2/c1-4-8-16-12(6-5-11(2)3)14-10-15-13(18-14)7-9-17-15/h7,9-12,16H,4-6,8H2,1-3H3. The Morgan fingerprint density at radius 2 is 2.06 bits per heavy atom. The van der Waals surface area contributed by atoms with Crippen molar-refractivity contribution in [1.82, 2.24) is 5.32 Å². The fourth-order valence-electron chi connectivity index (χ4n) is 2.12. The van der Waals surface area contributed by atoms with E-state index in [0.29, 0.717) is 6.04 Å². The first-order valence-electron chi connectivity index (χ1n) is 6.91. The lowest BCUT2D eigenvalue weighted by molar-refractivity contribution is 0.445. The largest absolute Gasteiger partial charge is 0.309 e. The van der Waals surface area contributed by atoms with Gasteiger partial charge in [0.1, 0.15) is 0 Å². The van der Waals surface area contributed by atoms with Crippen molar-refractivity contribution >= 4 is 32.1 Å². The van der Waals surface area contributed by atoms with Crippen LogP contribution in [0.4, 0.5) is 0 Å². The molecule has 18 heavy (non-hydrogen) atoms. The summed E-state index contributed by atoms with van der Waals surface area (Å²) in [7, 11) is 0. The molecule has 1 unspecified atom stereocenters. The molecule has 2 aromatic rings. The fraction of sp³-hybridized carbons (Fsp3) is 0.600. The van der Waals surface area contributed by atoms with Gasteiger partial charge < -0.3 is 5.32 Å². The van der Waals surface area contributed by atoms with Gasteiger partial charge in [-0.3, -0.25) is 0 Å². The Balaban J connectivity index is 2.08. The van der Waals surface area contributed by atoms with Crippen molar-refractivity contribution in [2.45, 2.75) is 46.1 Å². The number of thiophene rings is 2. The van der Waals surface area contributed by atoms with Crippen molar-refractivity contribution in [1.29, 1.82) is 0 Å². The normalized spacial score (nSPS) is 13.6. The third kappa shape index (κ3) is 3.56. The zero-order chi connectivity index (χ0) is 13.0. The molecule has 1 N–H and O–H groups in total. The highest BCUT2D eigenvalue weighted by Crippen LogP contribution is 2.35. The minimum absolute atomic E-state index is 0.553. The maximum Gasteiger partial charge on any atom is 0.0454 e. The van der Waals surface area contributed by atoms with Crippen LogP contribution in [0.1, 0.15) is 51.0 Å². The van der Waals surface area contributed by atoms with Crippen molar-refractivity contribution in [3.05, 3.63) is 22.4 Å². The molecule has 2 rings (SSSR count). The highest BCUT2D eigenvalue weighted by molar-refractivity contribution is 7.26. The molecule has 100 valence electrons. The molecular weight excluding hydrogens is 258 g/mol. The summed E-state index contributed by atoms with van der Waals surface area (Å²) in [6.45, 7) is 7.97. The van der Waals surface area contributed by atoms with Gasteiger partial charge in [-0.15, -0.1) is 22.7 Å². The molecule has 0 aliphatic carbocycles. The zero-order valence-corrected chi connectivity index (χ0v) is 13.2. The van der Waals surface area contributed by atoms with Gasteiger partial charge >= 0.3 is 0 Å². The van der Waals surface area contributed by atoms with Gasteiger partial charge in [0.2, 0.25) is 0 Å². The number of fused-ring (bicyclic) bond motifs is 1. The first-order valence-corrected chi connectivity index (χ1v) is 8.60. The Hall–Kier alpha value is -0.380. The summed E-state index contributed by atoms with van der Waals surface area (Å²) in [5.41, 5.74) is 0. The van der Waals surface area contributed by atoms with Crippen LogP contribution >= 0.6 is 22.7 Å². The molecule has 0 spiro atoms. The minimum atomic E-state index is 0.553. The lowest BCUT2D eigenvalue weighted by Crippen LogP contribution is -2.21. The van der Waals surface area contributed by atoms with Gasteiger partial charge in [-0.05, 0) is 49.2 Å². The second-order valence-corrected chi connectivity index (χ2v) is 7.34. The molecule has 1 nitrogen and oxygen atoms in total. The van der Waals surface area contributed by atoms with Gasteiger partial charge in [-0.1, -0.05) is 20.8 Å². The molecule has 0 radical (unpaired) electrons. The van der Waals surface area contributed by atoms with E-state index < -0.39 is 0 Å².